The number of rotatable bonds is 7. The Morgan fingerprint density at radius 3 is 2.48 bits per heavy atom. The first-order valence-electron chi connectivity index (χ1n) is 9.10. The fourth-order valence-electron chi connectivity index (χ4n) is 3.46. The van der Waals surface area contributed by atoms with E-state index in [1.807, 2.05) is 6.33 Å². The fraction of sp³-hybridized carbons (Fsp3) is 0.632. The van der Waals surface area contributed by atoms with E-state index < -0.39 is 0 Å². The van der Waals surface area contributed by atoms with Crippen molar-refractivity contribution in [2.45, 2.75) is 26.5 Å². The van der Waals surface area contributed by atoms with Crippen molar-refractivity contribution in [2.75, 3.05) is 53.0 Å². The molecule has 2 heterocycles. The maximum absolute atomic E-state index is 10.5. The lowest BCUT2D eigenvalue weighted by atomic mass is 10.1. The number of aliphatic hydroxyl groups is 1. The van der Waals surface area contributed by atoms with Crippen LogP contribution in [0.15, 0.2) is 18.5 Å². The largest absolute Gasteiger partial charge is 0.390 e. The van der Waals surface area contributed by atoms with Crippen molar-refractivity contribution in [3.63, 3.8) is 0 Å². The van der Waals surface area contributed by atoms with Gasteiger partial charge < -0.3 is 14.4 Å². The van der Waals surface area contributed by atoms with Crippen LogP contribution >= 0.6 is 0 Å². The Morgan fingerprint density at radius 2 is 1.76 bits per heavy atom. The summed E-state index contributed by atoms with van der Waals surface area (Å²) < 4.78 is 7.21. The van der Waals surface area contributed by atoms with Crippen molar-refractivity contribution >= 4 is 11.0 Å². The van der Waals surface area contributed by atoms with Gasteiger partial charge in [0.15, 0.2) is 0 Å². The molecule has 1 aliphatic rings. The standard InChI is InChI=1S/C19H30N4O2/c1-15-10-18-19(11-16(15)2)23(14-20-18)13-17(24)12-22-6-4-21(5-7-22)8-9-25-3/h10-11,14,17,24H,4-9,12-13H2,1-3H3. The van der Waals surface area contributed by atoms with Crippen LogP contribution < -0.4 is 0 Å². The molecule has 25 heavy (non-hydrogen) atoms. The van der Waals surface area contributed by atoms with Gasteiger partial charge in [-0.05, 0) is 37.1 Å². The van der Waals surface area contributed by atoms with E-state index in [4.69, 9.17) is 4.74 Å². The second-order valence-corrected chi connectivity index (χ2v) is 7.11. The van der Waals surface area contributed by atoms with E-state index in [-0.39, 0.29) is 6.10 Å². The third-order valence-corrected chi connectivity index (χ3v) is 5.19. The number of aryl methyl sites for hydroxylation is 2. The quantitative estimate of drug-likeness (QED) is 0.818. The minimum atomic E-state index is -0.385. The monoisotopic (exact) mass is 346 g/mol. The molecule has 0 amide bonds. The van der Waals surface area contributed by atoms with Gasteiger partial charge in [0.1, 0.15) is 0 Å². The first-order chi connectivity index (χ1) is 12.1. The van der Waals surface area contributed by atoms with E-state index in [9.17, 15) is 5.11 Å². The zero-order chi connectivity index (χ0) is 17.8. The van der Waals surface area contributed by atoms with Gasteiger partial charge in [-0.2, -0.15) is 0 Å². The van der Waals surface area contributed by atoms with E-state index in [0.29, 0.717) is 13.1 Å². The second kappa shape index (κ2) is 8.27. The first-order valence-corrected chi connectivity index (χ1v) is 9.10. The van der Waals surface area contributed by atoms with Gasteiger partial charge in [-0.1, -0.05) is 0 Å². The average Bonchev–Trinajstić information content (AvgIpc) is 2.96. The Hall–Kier alpha value is -1.47. The summed E-state index contributed by atoms with van der Waals surface area (Å²) in [5.74, 6) is 0. The lowest BCUT2D eigenvalue weighted by Crippen LogP contribution is -2.49. The third kappa shape index (κ3) is 4.58. The number of imidazole rings is 1. The molecule has 2 aromatic rings. The molecule has 6 heteroatoms. The number of ether oxygens (including phenoxy) is 1. The smallest absolute Gasteiger partial charge is 0.0959 e. The molecule has 3 rings (SSSR count). The molecule has 1 aromatic carbocycles. The minimum absolute atomic E-state index is 0.385. The van der Waals surface area contributed by atoms with Gasteiger partial charge >= 0.3 is 0 Å². The van der Waals surface area contributed by atoms with Crippen molar-refractivity contribution in [3.8, 4) is 0 Å². The van der Waals surface area contributed by atoms with E-state index in [0.717, 1.165) is 50.4 Å². The van der Waals surface area contributed by atoms with Crippen LogP contribution in [0.2, 0.25) is 0 Å². The fourth-order valence-corrected chi connectivity index (χ4v) is 3.46. The molecule has 1 atom stereocenters. The van der Waals surface area contributed by atoms with Gasteiger partial charge in [-0.3, -0.25) is 9.80 Å². The predicted molar refractivity (Wildman–Crippen MR) is 100.0 cm³/mol. The number of aromatic nitrogens is 2. The number of benzene rings is 1. The summed E-state index contributed by atoms with van der Waals surface area (Å²) in [4.78, 5) is 9.25. The van der Waals surface area contributed by atoms with Crippen molar-refractivity contribution in [1.82, 2.24) is 19.4 Å². The number of methoxy groups -OCH3 is 1. The molecule has 1 saturated heterocycles. The zero-order valence-corrected chi connectivity index (χ0v) is 15.6. The van der Waals surface area contributed by atoms with Crippen LogP contribution in [0.1, 0.15) is 11.1 Å². The Labute approximate surface area is 150 Å². The van der Waals surface area contributed by atoms with Gasteiger partial charge in [-0.25, -0.2) is 4.98 Å². The maximum Gasteiger partial charge on any atom is 0.0959 e. The highest BCUT2D eigenvalue weighted by atomic mass is 16.5. The number of hydrogen-bond donors (Lipinski definition) is 1. The summed E-state index contributed by atoms with van der Waals surface area (Å²) in [7, 11) is 1.75. The number of piperazine rings is 1. The summed E-state index contributed by atoms with van der Waals surface area (Å²) in [5, 5.41) is 10.5. The molecule has 1 aliphatic heterocycles. The molecule has 0 radical (unpaired) electrons. The lowest BCUT2D eigenvalue weighted by Gasteiger charge is -2.35. The normalized spacial score (nSPS) is 18.1. The van der Waals surface area contributed by atoms with Crippen LogP contribution in [-0.2, 0) is 11.3 Å². The predicted octanol–water partition coefficient (Wildman–Crippen LogP) is 1.28. The summed E-state index contributed by atoms with van der Waals surface area (Å²) in [6.45, 7) is 11.4. The summed E-state index contributed by atoms with van der Waals surface area (Å²) in [6.07, 6.45) is 1.46. The van der Waals surface area contributed by atoms with Gasteiger partial charge in [0.2, 0.25) is 0 Å². The molecule has 0 aliphatic carbocycles. The van der Waals surface area contributed by atoms with Crippen LogP contribution in [0.4, 0.5) is 0 Å². The van der Waals surface area contributed by atoms with E-state index >= 15 is 0 Å². The Kier molecular flexibility index (Phi) is 6.06. The highest BCUT2D eigenvalue weighted by molar-refractivity contribution is 5.77. The average molecular weight is 346 g/mol. The highest BCUT2D eigenvalue weighted by Gasteiger charge is 2.19. The summed E-state index contributed by atoms with van der Waals surface area (Å²) in [6, 6.07) is 4.28. The molecule has 1 unspecified atom stereocenters. The Morgan fingerprint density at radius 1 is 1.08 bits per heavy atom. The molecule has 0 spiro atoms. The van der Waals surface area contributed by atoms with Crippen LogP contribution in [0.25, 0.3) is 11.0 Å². The Balaban J connectivity index is 1.53. The first kappa shape index (κ1) is 18.3. The van der Waals surface area contributed by atoms with Crippen LogP contribution in [0.5, 0.6) is 0 Å². The number of hydrogen-bond acceptors (Lipinski definition) is 5. The zero-order valence-electron chi connectivity index (χ0n) is 15.6. The van der Waals surface area contributed by atoms with Crippen LogP contribution in [-0.4, -0.2) is 83.5 Å². The van der Waals surface area contributed by atoms with Crippen molar-refractivity contribution in [2.24, 2.45) is 0 Å². The van der Waals surface area contributed by atoms with E-state index in [1.165, 1.54) is 11.1 Å². The number of nitrogens with zero attached hydrogens (tertiary/aromatic N) is 4. The van der Waals surface area contributed by atoms with E-state index in [2.05, 4.69) is 45.3 Å². The molecular formula is C19H30N4O2. The topological polar surface area (TPSA) is 53.8 Å². The lowest BCUT2D eigenvalue weighted by molar-refractivity contribution is 0.0555. The van der Waals surface area contributed by atoms with Gasteiger partial charge in [-0.15, -0.1) is 0 Å². The molecule has 6 nitrogen and oxygen atoms in total. The highest BCUT2D eigenvalue weighted by Crippen LogP contribution is 2.18. The molecule has 1 N–H and O–H groups in total. The third-order valence-electron chi connectivity index (χ3n) is 5.19. The van der Waals surface area contributed by atoms with Crippen LogP contribution in [0, 0.1) is 13.8 Å². The SMILES string of the molecule is COCCN1CCN(CC(O)Cn2cnc3cc(C)c(C)cc32)CC1. The molecule has 0 saturated carbocycles. The Bertz CT molecular complexity index is 692. The van der Waals surface area contributed by atoms with Crippen molar-refractivity contribution in [1.29, 1.82) is 0 Å². The minimum Gasteiger partial charge on any atom is -0.390 e. The molecule has 138 valence electrons. The summed E-state index contributed by atoms with van der Waals surface area (Å²) in [5.41, 5.74) is 4.62. The number of aliphatic hydroxyl groups excluding tert-OH is 1. The molecule has 1 fully saturated rings. The summed E-state index contributed by atoms with van der Waals surface area (Å²) >= 11 is 0. The molecular weight excluding hydrogens is 316 g/mol. The second-order valence-electron chi connectivity index (χ2n) is 7.11. The van der Waals surface area contributed by atoms with Gasteiger partial charge in [0.25, 0.3) is 0 Å². The number of β-amino-alcohol motifs (C(OH)–C–C–N with tert-alkyl or cyclic N) is 1. The van der Waals surface area contributed by atoms with Gasteiger partial charge in [0.05, 0.1) is 36.6 Å². The van der Waals surface area contributed by atoms with Crippen LogP contribution in [0.3, 0.4) is 0 Å². The number of fused-ring (bicyclic) bond motifs is 1. The van der Waals surface area contributed by atoms with Gasteiger partial charge in [0, 0.05) is 46.4 Å². The van der Waals surface area contributed by atoms with E-state index in [1.54, 1.807) is 7.11 Å². The van der Waals surface area contributed by atoms with Crippen molar-refractivity contribution < 1.29 is 9.84 Å². The molecule has 1 aromatic heterocycles. The van der Waals surface area contributed by atoms with Crippen molar-refractivity contribution in [3.05, 3.63) is 29.6 Å². The molecule has 0 bridgehead atoms. The maximum atomic E-state index is 10.5.